The van der Waals surface area contributed by atoms with Crippen molar-refractivity contribution in [3.63, 3.8) is 0 Å². The van der Waals surface area contributed by atoms with E-state index in [-0.39, 0.29) is 23.5 Å². The van der Waals surface area contributed by atoms with Crippen LogP contribution in [0.15, 0.2) is 9.59 Å². The number of hydrogen-bond acceptors (Lipinski definition) is 5. The minimum absolute atomic E-state index is 0.187. The molecule has 0 spiro atoms. The molecular formula is C20H28N6O3. The molecule has 0 amide bonds. The van der Waals surface area contributed by atoms with Crippen LogP contribution >= 0.6 is 0 Å². The Balaban J connectivity index is 2.36. The van der Waals surface area contributed by atoms with Gasteiger partial charge in [0, 0.05) is 24.7 Å². The van der Waals surface area contributed by atoms with Crippen LogP contribution in [0.5, 0.6) is 0 Å². The van der Waals surface area contributed by atoms with Gasteiger partial charge in [-0.05, 0) is 33.3 Å². The van der Waals surface area contributed by atoms with Crippen LogP contribution in [-0.2, 0) is 24.9 Å². The molecule has 9 nitrogen and oxygen atoms in total. The lowest BCUT2D eigenvalue weighted by Gasteiger charge is -2.17. The molecule has 0 atom stereocenters. The fourth-order valence-electron chi connectivity index (χ4n) is 3.26. The third-order valence-corrected chi connectivity index (χ3v) is 5.51. The second-order valence-electron chi connectivity index (χ2n) is 8.44. The molecule has 0 radical (unpaired) electrons. The summed E-state index contributed by atoms with van der Waals surface area (Å²) in [5, 5.41) is 4.55. The molecular weight excluding hydrogens is 372 g/mol. The van der Waals surface area contributed by atoms with E-state index in [1.807, 2.05) is 27.7 Å². The summed E-state index contributed by atoms with van der Waals surface area (Å²) in [4.78, 5) is 43.2. The van der Waals surface area contributed by atoms with Gasteiger partial charge < -0.3 is 4.57 Å². The average molecular weight is 400 g/mol. The molecule has 3 aromatic heterocycles. The molecule has 9 heteroatoms. The van der Waals surface area contributed by atoms with Crippen LogP contribution in [0.1, 0.15) is 44.6 Å². The molecule has 0 N–H and O–H groups in total. The second kappa shape index (κ2) is 6.82. The number of aromatic nitrogens is 6. The molecule has 0 unspecified atom stereocenters. The van der Waals surface area contributed by atoms with E-state index in [1.54, 1.807) is 37.1 Å². The Labute approximate surface area is 168 Å². The summed E-state index contributed by atoms with van der Waals surface area (Å²) in [5.41, 5.74) is 1.67. The number of ketones is 1. The third kappa shape index (κ3) is 3.14. The molecule has 29 heavy (non-hydrogen) atoms. The zero-order valence-corrected chi connectivity index (χ0v) is 18.3. The highest BCUT2D eigenvalue weighted by Gasteiger charge is 2.26. The first kappa shape index (κ1) is 20.8. The van der Waals surface area contributed by atoms with Gasteiger partial charge in [-0.3, -0.25) is 18.7 Å². The molecule has 0 fully saturated rings. The van der Waals surface area contributed by atoms with E-state index >= 15 is 0 Å². The molecule has 0 saturated heterocycles. The minimum atomic E-state index is -0.656. The average Bonchev–Trinajstić information content (AvgIpc) is 3.15. The highest BCUT2D eigenvalue weighted by atomic mass is 16.2. The van der Waals surface area contributed by atoms with Crippen molar-refractivity contribution < 1.29 is 4.79 Å². The first-order chi connectivity index (χ1) is 13.4. The lowest BCUT2D eigenvalue weighted by Crippen LogP contribution is -2.43. The molecule has 0 aliphatic heterocycles. The number of hydrogen-bond donors (Lipinski definition) is 0. The maximum Gasteiger partial charge on any atom is 0.332 e. The fourth-order valence-corrected chi connectivity index (χ4v) is 3.26. The Bertz CT molecular complexity index is 1250. The second-order valence-corrected chi connectivity index (χ2v) is 8.44. The zero-order chi connectivity index (χ0) is 21.8. The summed E-state index contributed by atoms with van der Waals surface area (Å²) in [6.07, 6.45) is 0. The van der Waals surface area contributed by atoms with Crippen LogP contribution in [0.25, 0.3) is 17.1 Å². The van der Waals surface area contributed by atoms with Crippen molar-refractivity contribution in [1.29, 1.82) is 0 Å². The van der Waals surface area contributed by atoms with Gasteiger partial charge in [0.2, 0.25) is 5.95 Å². The number of nitrogens with zero attached hydrogens (tertiary/aromatic N) is 6. The van der Waals surface area contributed by atoms with E-state index in [9.17, 15) is 14.4 Å². The van der Waals surface area contributed by atoms with Crippen molar-refractivity contribution in [3.8, 4) is 5.95 Å². The topological polar surface area (TPSA) is 96.7 Å². The van der Waals surface area contributed by atoms with Crippen molar-refractivity contribution >= 4 is 16.9 Å². The van der Waals surface area contributed by atoms with Crippen molar-refractivity contribution in [2.75, 3.05) is 0 Å². The number of Topliss-reactive ketones (excluding diaryl/α,β-unsaturated/α-hetero) is 1. The maximum atomic E-state index is 13.3. The van der Waals surface area contributed by atoms with Gasteiger partial charge in [-0.25, -0.2) is 9.48 Å². The highest BCUT2D eigenvalue weighted by molar-refractivity contribution is 5.83. The molecule has 0 bridgehead atoms. The van der Waals surface area contributed by atoms with E-state index < -0.39 is 16.7 Å². The Hall–Kier alpha value is -2.97. The van der Waals surface area contributed by atoms with Crippen molar-refractivity contribution in [1.82, 2.24) is 28.5 Å². The third-order valence-electron chi connectivity index (χ3n) is 5.51. The van der Waals surface area contributed by atoms with Gasteiger partial charge in [0.1, 0.15) is 0 Å². The summed E-state index contributed by atoms with van der Waals surface area (Å²) < 4.78 is 5.76. The van der Waals surface area contributed by atoms with Crippen LogP contribution in [0.4, 0.5) is 0 Å². The van der Waals surface area contributed by atoms with Crippen molar-refractivity contribution in [2.24, 2.45) is 12.5 Å². The summed E-state index contributed by atoms with van der Waals surface area (Å²) >= 11 is 0. The predicted molar refractivity (Wildman–Crippen MR) is 111 cm³/mol. The fraction of sp³-hybridized carbons (Fsp3) is 0.550. The zero-order valence-electron chi connectivity index (χ0n) is 18.3. The van der Waals surface area contributed by atoms with E-state index in [2.05, 4.69) is 10.1 Å². The minimum Gasteiger partial charge on any atom is -0.303 e. The normalized spacial score (nSPS) is 12.1. The van der Waals surface area contributed by atoms with Gasteiger partial charge in [0.15, 0.2) is 16.9 Å². The molecule has 0 saturated carbocycles. The monoisotopic (exact) mass is 400 g/mol. The van der Waals surface area contributed by atoms with Crippen LogP contribution in [-0.4, -0.2) is 34.2 Å². The van der Waals surface area contributed by atoms with Crippen LogP contribution in [0, 0.1) is 26.2 Å². The number of aryl methyl sites for hydroxylation is 3. The summed E-state index contributed by atoms with van der Waals surface area (Å²) in [6, 6.07) is 0. The van der Waals surface area contributed by atoms with E-state index in [4.69, 9.17) is 0 Å². The van der Waals surface area contributed by atoms with Gasteiger partial charge >= 0.3 is 5.69 Å². The van der Waals surface area contributed by atoms with Crippen LogP contribution in [0.3, 0.4) is 0 Å². The van der Waals surface area contributed by atoms with Crippen LogP contribution < -0.4 is 11.2 Å². The Morgan fingerprint density at radius 2 is 1.69 bits per heavy atom. The molecule has 0 aromatic carbocycles. The number of carbonyl (C=O) groups excluding carboxylic acids is 1. The van der Waals surface area contributed by atoms with E-state index in [1.165, 1.54) is 4.57 Å². The van der Waals surface area contributed by atoms with Crippen molar-refractivity contribution in [2.45, 2.75) is 61.6 Å². The standard InChI is InChI=1S/C20H28N6O3/c1-9-24-15-16(21-18(24)26-13(4)11(2)12(3)22-26)23(8)19(29)25(17(15)28)10-14(27)20(5,6)7/h9-10H2,1-8H3. The van der Waals surface area contributed by atoms with E-state index in [0.717, 1.165) is 21.5 Å². The molecule has 156 valence electrons. The van der Waals surface area contributed by atoms with Gasteiger partial charge in [-0.15, -0.1) is 0 Å². The first-order valence-electron chi connectivity index (χ1n) is 9.66. The van der Waals surface area contributed by atoms with Gasteiger partial charge in [-0.2, -0.15) is 10.1 Å². The highest BCUT2D eigenvalue weighted by Crippen LogP contribution is 2.20. The summed E-state index contributed by atoms with van der Waals surface area (Å²) in [6.45, 7) is 13.2. The van der Waals surface area contributed by atoms with E-state index in [0.29, 0.717) is 12.5 Å². The molecule has 3 aromatic rings. The Morgan fingerprint density at radius 3 is 2.17 bits per heavy atom. The maximum absolute atomic E-state index is 13.3. The SMILES string of the molecule is CCn1c(-n2nc(C)c(C)c2C)nc2c1c(=O)n(CC(=O)C(C)(C)C)c(=O)n2C. The van der Waals surface area contributed by atoms with Gasteiger partial charge in [0.05, 0.1) is 12.2 Å². The quantitative estimate of drug-likeness (QED) is 0.663. The van der Waals surface area contributed by atoms with Crippen molar-refractivity contribution in [3.05, 3.63) is 37.8 Å². The summed E-state index contributed by atoms with van der Waals surface area (Å²) in [5.74, 6) is 0.288. The number of rotatable bonds is 4. The lowest BCUT2D eigenvalue weighted by atomic mass is 9.91. The Morgan fingerprint density at radius 1 is 1.07 bits per heavy atom. The Kier molecular flexibility index (Phi) is 4.88. The molecule has 0 aliphatic carbocycles. The van der Waals surface area contributed by atoms with Crippen LogP contribution in [0.2, 0.25) is 0 Å². The molecule has 3 rings (SSSR count). The largest absolute Gasteiger partial charge is 0.332 e. The molecule has 3 heterocycles. The first-order valence-corrected chi connectivity index (χ1v) is 9.66. The number of imidazole rings is 1. The van der Waals surface area contributed by atoms with Gasteiger partial charge in [0.25, 0.3) is 5.56 Å². The smallest absolute Gasteiger partial charge is 0.303 e. The lowest BCUT2D eigenvalue weighted by molar-refractivity contribution is -0.127. The predicted octanol–water partition coefficient (Wildman–Crippen LogP) is 1.64. The number of fused-ring (bicyclic) bond motifs is 1. The summed E-state index contributed by atoms with van der Waals surface area (Å²) in [7, 11) is 1.56. The number of carbonyl (C=O) groups is 1. The molecule has 0 aliphatic rings. The van der Waals surface area contributed by atoms with Gasteiger partial charge in [-0.1, -0.05) is 20.8 Å².